The first-order valence-corrected chi connectivity index (χ1v) is 8.64. The van der Waals surface area contributed by atoms with E-state index in [9.17, 15) is 18.4 Å². The molecule has 0 bridgehead atoms. The number of hydrogen-bond donors (Lipinski definition) is 2. The highest BCUT2D eigenvalue weighted by atomic mass is 35.5. The maximum Gasteiger partial charge on any atom is 0.400 e. The van der Waals surface area contributed by atoms with Crippen LogP contribution >= 0.6 is 11.6 Å². The Morgan fingerprint density at radius 3 is 1.93 bits per heavy atom. The maximum atomic E-state index is 13.0. The number of anilines is 4. The van der Waals surface area contributed by atoms with Crippen LogP contribution in [-0.2, 0) is 5.38 Å². The second-order valence-electron chi connectivity index (χ2n) is 6.02. The predicted octanol–water partition coefficient (Wildman–Crippen LogP) is 4.11. The fourth-order valence-corrected chi connectivity index (χ4v) is 2.68. The lowest BCUT2D eigenvalue weighted by molar-refractivity contribution is 0.0551. The van der Waals surface area contributed by atoms with Crippen molar-refractivity contribution in [2.75, 3.05) is 10.6 Å². The summed E-state index contributed by atoms with van der Waals surface area (Å²) in [6.07, 6.45) is 0. The van der Waals surface area contributed by atoms with Gasteiger partial charge in [0.1, 0.15) is 11.4 Å². The average molecular weight is 417 g/mol. The molecule has 1 aromatic heterocycles. The minimum absolute atomic E-state index is 0.0626. The minimum atomic E-state index is -3.75. The molecule has 2 N–H and O–H groups in total. The van der Waals surface area contributed by atoms with Crippen LogP contribution in [0.3, 0.4) is 0 Å². The van der Waals surface area contributed by atoms with E-state index in [0.29, 0.717) is 16.9 Å². The molecule has 1 heterocycles. The van der Waals surface area contributed by atoms with Crippen LogP contribution in [-0.4, -0.2) is 10.1 Å². The van der Waals surface area contributed by atoms with Crippen LogP contribution in [0.15, 0.2) is 68.7 Å². The van der Waals surface area contributed by atoms with Gasteiger partial charge in [0.2, 0.25) is 5.82 Å². The summed E-state index contributed by atoms with van der Waals surface area (Å²) in [5.41, 5.74) is 0.617. The highest BCUT2D eigenvalue weighted by Gasteiger charge is 2.35. The highest BCUT2D eigenvalue weighted by molar-refractivity contribution is 6.21. The van der Waals surface area contributed by atoms with Crippen molar-refractivity contribution in [3.8, 4) is 11.4 Å². The van der Waals surface area contributed by atoms with Crippen molar-refractivity contribution in [3.05, 3.63) is 80.9 Å². The molecule has 0 atom stereocenters. The normalized spacial score (nSPS) is 11.6. The number of para-hydroxylation sites is 1. The fraction of sp³-hybridized carbons (Fsp3) is 0.0526. The van der Waals surface area contributed by atoms with E-state index in [4.69, 9.17) is 11.6 Å². The maximum absolute atomic E-state index is 13.0. The van der Waals surface area contributed by atoms with E-state index in [1.54, 1.807) is 48.5 Å². The van der Waals surface area contributed by atoms with Gasteiger partial charge in [0.05, 0.1) is 0 Å². The van der Waals surface area contributed by atoms with Gasteiger partial charge < -0.3 is 15.2 Å². The number of rotatable bonds is 6. The molecule has 0 spiro atoms. The molecule has 0 saturated heterocycles. The van der Waals surface area contributed by atoms with Crippen molar-refractivity contribution in [2.45, 2.75) is 5.38 Å². The number of hydrogen-bond acceptors (Lipinski definition) is 7. The van der Waals surface area contributed by atoms with Gasteiger partial charge >= 0.3 is 11.3 Å². The van der Waals surface area contributed by atoms with Gasteiger partial charge in [0, 0.05) is 16.9 Å². The van der Waals surface area contributed by atoms with E-state index in [2.05, 4.69) is 25.3 Å². The largest absolute Gasteiger partial charge is 0.400 e. The Labute approximate surface area is 166 Å². The first-order valence-electron chi connectivity index (χ1n) is 8.26. The molecule has 0 fully saturated rings. The topological polar surface area (TPSA) is 97.1 Å². The minimum Gasteiger partial charge on any atom is -0.350 e. The Morgan fingerprint density at radius 1 is 0.862 bits per heavy atom. The summed E-state index contributed by atoms with van der Waals surface area (Å²) < 4.78 is 30.4. The van der Waals surface area contributed by atoms with Crippen LogP contribution in [0.2, 0.25) is 0 Å². The van der Waals surface area contributed by atoms with E-state index in [0.717, 1.165) is 0 Å². The summed E-state index contributed by atoms with van der Waals surface area (Å²) in [4.78, 5) is 27.4. The standard InChI is InChI=1S/C19H11ClF2N4O3/c20-19(21,22)18-25-17(26-29-18)10-6-8-12(9-7-10)24-14-13(15(27)16(14)28)23-11-4-2-1-3-5-11/h1-9,23-24H. The molecule has 0 saturated carbocycles. The lowest BCUT2D eigenvalue weighted by Gasteiger charge is -2.15. The first-order chi connectivity index (χ1) is 13.8. The monoisotopic (exact) mass is 416 g/mol. The van der Waals surface area contributed by atoms with Crippen LogP contribution in [0.25, 0.3) is 11.4 Å². The highest BCUT2D eigenvalue weighted by Crippen LogP contribution is 2.32. The van der Waals surface area contributed by atoms with Gasteiger partial charge in [-0.2, -0.15) is 13.8 Å². The van der Waals surface area contributed by atoms with Crippen molar-refractivity contribution in [1.82, 2.24) is 10.1 Å². The fourth-order valence-electron chi connectivity index (χ4n) is 2.60. The summed E-state index contributed by atoms with van der Waals surface area (Å²) in [6, 6.07) is 15.2. The van der Waals surface area contributed by atoms with E-state index >= 15 is 0 Å². The van der Waals surface area contributed by atoms with Gasteiger partial charge in [-0.25, -0.2) is 0 Å². The van der Waals surface area contributed by atoms with Crippen molar-refractivity contribution in [2.24, 2.45) is 0 Å². The summed E-state index contributed by atoms with van der Waals surface area (Å²) in [5, 5.41) is 5.50. The Kier molecular flexibility index (Phi) is 4.59. The van der Waals surface area contributed by atoms with E-state index < -0.39 is 22.1 Å². The molecule has 0 amide bonds. The SMILES string of the molecule is O=c1c(Nc2ccccc2)c(Nc2ccc(-c3noc(C(F)(F)Cl)n3)cc2)c1=O. The molecule has 0 radical (unpaired) electrons. The van der Waals surface area contributed by atoms with Crippen molar-refractivity contribution < 1.29 is 13.3 Å². The van der Waals surface area contributed by atoms with Crippen molar-refractivity contribution in [1.29, 1.82) is 0 Å². The van der Waals surface area contributed by atoms with Crippen molar-refractivity contribution in [3.63, 3.8) is 0 Å². The van der Waals surface area contributed by atoms with Gasteiger partial charge in [-0.05, 0) is 48.0 Å². The summed E-state index contributed by atoms with van der Waals surface area (Å²) in [6.45, 7) is 0. The molecule has 146 valence electrons. The van der Waals surface area contributed by atoms with Crippen molar-refractivity contribution >= 4 is 34.4 Å². The van der Waals surface area contributed by atoms with Crippen LogP contribution in [0.4, 0.5) is 31.5 Å². The number of aromatic nitrogens is 2. The second kappa shape index (κ2) is 7.10. The second-order valence-corrected chi connectivity index (χ2v) is 6.50. The van der Waals surface area contributed by atoms with Gasteiger partial charge in [-0.3, -0.25) is 9.59 Å². The molecule has 10 heteroatoms. The van der Waals surface area contributed by atoms with Gasteiger partial charge in [0.25, 0.3) is 10.9 Å². The van der Waals surface area contributed by atoms with E-state index in [1.165, 1.54) is 0 Å². The third-order valence-corrected chi connectivity index (χ3v) is 4.20. The Morgan fingerprint density at radius 2 is 1.41 bits per heavy atom. The molecule has 3 aromatic carbocycles. The molecule has 0 aliphatic heterocycles. The smallest absolute Gasteiger partial charge is 0.350 e. The molecule has 0 aliphatic carbocycles. The number of halogens is 3. The molecule has 0 unspecified atom stereocenters. The lowest BCUT2D eigenvalue weighted by Crippen LogP contribution is -2.35. The van der Waals surface area contributed by atoms with Gasteiger partial charge in [-0.1, -0.05) is 23.4 Å². The molecule has 29 heavy (non-hydrogen) atoms. The average Bonchev–Trinajstić information content (AvgIpc) is 3.22. The molecule has 4 rings (SSSR count). The summed E-state index contributed by atoms with van der Waals surface area (Å²) >= 11 is 4.85. The number of nitrogens with one attached hydrogen (secondary N) is 2. The third-order valence-electron chi connectivity index (χ3n) is 4.03. The van der Waals surface area contributed by atoms with Crippen LogP contribution < -0.4 is 21.5 Å². The molecule has 7 nitrogen and oxygen atoms in total. The molecular weight excluding hydrogens is 406 g/mol. The first kappa shape index (κ1) is 18.8. The van der Waals surface area contributed by atoms with Crippen LogP contribution in [0.5, 0.6) is 0 Å². The lowest BCUT2D eigenvalue weighted by atomic mass is 10.1. The van der Waals surface area contributed by atoms with Gasteiger partial charge in [0.15, 0.2) is 0 Å². The number of nitrogens with zero attached hydrogens (tertiary/aromatic N) is 2. The number of alkyl halides is 3. The molecule has 4 aromatic rings. The quantitative estimate of drug-likeness (QED) is 0.360. The molecule has 0 aliphatic rings. The van der Waals surface area contributed by atoms with E-state index in [-0.39, 0.29) is 17.2 Å². The Hall–Kier alpha value is -3.59. The Bertz CT molecular complexity index is 1230. The summed E-state index contributed by atoms with van der Waals surface area (Å²) in [7, 11) is 0. The van der Waals surface area contributed by atoms with Gasteiger partial charge in [-0.15, -0.1) is 0 Å². The number of benzene rings is 2. The molecular formula is C19H11ClF2N4O3. The van der Waals surface area contributed by atoms with E-state index in [1.807, 2.05) is 6.07 Å². The van der Waals surface area contributed by atoms with Crippen LogP contribution in [0.1, 0.15) is 5.89 Å². The Balaban J connectivity index is 1.53. The third kappa shape index (κ3) is 3.72. The predicted molar refractivity (Wildman–Crippen MR) is 104 cm³/mol. The zero-order valence-corrected chi connectivity index (χ0v) is 15.2. The zero-order chi connectivity index (χ0) is 20.6. The summed E-state index contributed by atoms with van der Waals surface area (Å²) in [5.74, 6) is -1.07. The zero-order valence-electron chi connectivity index (χ0n) is 14.4. The van der Waals surface area contributed by atoms with Crippen LogP contribution in [0, 0.1) is 0 Å².